The summed E-state index contributed by atoms with van der Waals surface area (Å²) in [6.07, 6.45) is 1.29. The molecule has 0 unspecified atom stereocenters. The Bertz CT molecular complexity index is 371. The van der Waals surface area contributed by atoms with Crippen LogP contribution in [0.25, 0.3) is 0 Å². The number of hydrogen-bond donors (Lipinski definition) is 2. The second-order valence-corrected chi connectivity index (χ2v) is 3.46. The molecule has 2 N–H and O–H groups in total. The van der Waals surface area contributed by atoms with Crippen molar-refractivity contribution in [2.45, 2.75) is 12.8 Å². The molecule has 0 radical (unpaired) electrons. The van der Waals surface area contributed by atoms with Crippen molar-refractivity contribution in [3.05, 3.63) is 30.2 Å². The predicted octanol–water partition coefficient (Wildman–Crippen LogP) is 1.66. The van der Waals surface area contributed by atoms with Crippen molar-refractivity contribution >= 4 is 0 Å². The molecular formula is C12H16NO3Pt-. The maximum absolute atomic E-state index is 8.94. The van der Waals surface area contributed by atoms with E-state index in [0.717, 1.165) is 22.6 Å². The predicted molar refractivity (Wildman–Crippen MR) is 60.0 cm³/mol. The number of aliphatic hydroxyl groups is 1. The second-order valence-electron chi connectivity index (χ2n) is 3.46. The van der Waals surface area contributed by atoms with E-state index in [4.69, 9.17) is 18.5 Å². The number of benzene rings is 1. The first-order valence-electron chi connectivity index (χ1n) is 5.33. The molecule has 0 atom stereocenters. The number of aliphatic hydroxyl groups excluding tert-OH is 1. The van der Waals surface area contributed by atoms with Crippen LogP contribution in [-0.2, 0) is 32.5 Å². The summed E-state index contributed by atoms with van der Waals surface area (Å²) in [5, 5.41) is 8.94. The average molecular weight is 417 g/mol. The Balaban J connectivity index is 0.000000686. The second kappa shape index (κ2) is 7.57. The summed E-state index contributed by atoms with van der Waals surface area (Å²) in [7, 11) is 0. The van der Waals surface area contributed by atoms with Crippen LogP contribution in [0, 0.1) is 10.8 Å². The van der Waals surface area contributed by atoms with Crippen molar-refractivity contribution in [3.8, 4) is 11.5 Å². The quantitative estimate of drug-likeness (QED) is 0.736. The van der Waals surface area contributed by atoms with Gasteiger partial charge in [0.05, 0.1) is 0 Å². The van der Waals surface area contributed by atoms with Crippen LogP contribution in [0.3, 0.4) is 0 Å². The van der Waals surface area contributed by atoms with Gasteiger partial charge in [-0.05, 0) is 12.0 Å². The number of nitrogens with one attached hydrogen (secondary N) is 1. The van der Waals surface area contributed by atoms with Crippen LogP contribution >= 0.6 is 0 Å². The van der Waals surface area contributed by atoms with Crippen molar-refractivity contribution in [2.24, 2.45) is 0 Å². The number of ether oxygens (including phenoxy) is 2. The van der Waals surface area contributed by atoms with E-state index in [2.05, 4.69) is 6.92 Å². The van der Waals surface area contributed by atoms with Gasteiger partial charge in [-0.25, -0.2) is 0 Å². The van der Waals surface area contributed by atoms with E-state index >= 15 is 0 Å². The van der Waals surface area contributed by atoms with E-state index in [1.165, 1.54) is 19.6 Å². The van der Waals surface area contributed by atoms with Crippen molar-refractivity contribution < 1.29 is 34.2 Å². The van der Waals surface area contributed by atoms with Crippen molar-refractivity contribution in [3.63, 3.8) is 0 Å². The van der Waals surface area contributed by atoms with Gasteiger partial charge in [0.15, 0.2) is 11.5 Å². The van der Waals surface area contributed by atoms with Crippen LogP contribution in [-0.4, -0.2) is 24.9 Å². The molecule has 0 amide bonds. The first-order valence-corrected chi connectivity index (χ1v) is 6.46. The Labute approximate surface area is 112 Å². The Morgan fingerprint density at radius 2 is 1.71 bits per heavy atom. The average Bonchev–Trinajstić information content (AvgIpc) is 2.42. The van der Waals surface area contributed by atoms with Gasteiger partial charge in [-0.3, -0.25) is 0 Å². The van der Waals surface area contributed by atoms with Gasteiger partial charge >= 0.3 is 23.5 Å². The standard InChI is InChI=1S/C12H15O3.HN.Pt/c1-2-9-3-4-10(5-6-13)12-11(9)14-7-8-15-12;;/h3-4,13H,1-2,5-8H2;1H;/q-1;;. The minimum absolute atomic E-state index is 0.125. The SMILES string of the molecule is [CH2-]Cc1ccc(CCO)c2c1OCCO2.[NH]=[Pt]. The van der Waals surface area contributed by atoms with Gasteiger partial charge in [0, 0.05) is 12.2 Å². The summed E-state index contributed by atoms with van der Waals surface area (Å²) in [6.45, 7) is 5.14. The van der Waals surface area contributed by atoms with Gasteiger partial charge in [-0.15, -0.1) is 0 Å². The van der Waals surface area contributed by atoms with Crippen LogP contribution < -0.4 is 9.47 Å². The third-order valence-corrected chi connectivity index (χ3v) is 2.50. The van der Waals surface area contributed by atoms with E-state index in [-0.39, 0.29) is 6.61 Å². The molecule has 1 aliphatic heterocycles. The first kappa shape index (κ1) is 14.3. The van der Waals surface area contributed by atoms with Crippen LogP contribution in [0.1, 0.15) is 11.1 Å². The zero-order chi connectivity index (χ0) is 12.7. The van der Waals surface area contributed by atoms with Gasteiger partial charge in [0.25, 0.3) is 0 Å². The summed E-state index contributed by atoms with van der Waals surface area (Å²) in [5.41, 5.74) is 2.07. The van der Waals surface area contributed by atoms with Gasteiger partial charge in [0.2, 0.25) is 0 Å². The van der Waals surface area contributed by atoms with Gasteiger partial charge < -0.3 is 21.5 Å². The molecule has 1 aromatic carbocycles. The first-order chi connectivity index (χ1) is 8.36. The number of fused-ring (bicyclic) bond motifs is 1. The van der Waals surface area contributed by atoms with Crippen LogP contribution in [0.15, 0.2) is 12.1 Å². The molecule has 0 aromatic heterocycles. The Morgan fingerprint density at radius 1 is 1.18 bits per heavy atom. The number of rotatable bonds is 3. The fourth-order valence-electron chi connectivity index (χ4n) is 1.76. The number of hydrogen-bond acceptors (Lipinski definition) is 4. The minimum atomic E-state index is 0.125. The van der Waals surface area contributed by atoms with E-state index in [1.807, 2.05) is 12.1 Å². The third kappa shape index (κ3) is 3.36. The summed E-state index contributed by atoms with van der Waals surface area (Å²) in [5.74, 6) is 1.60. The Kier molecular flexibility index (Phi) is 6.38. The molecule has 4 nitrogen and oxygen atoms in total. The molecular weight excluding hydrogens is 401 g/mol. The summed E-state index contributed by atoms with van der Waals surface area (Å²) in [4.78, 5) is 0. The third-order valence-electron chi connectivity index (χ3n) is 2.50. The molecule has 98 valence electrons. The van der Waals surface area contributed by atoms with E-state index in [9.17, 15) is 0 Å². The molecule has 17 heavy (non-hydrogen) atoms. The molecule has 0 spiro atoms. The molecule has 0 saturated heterocycles. The molecule has 5 heteroatoms. The van der Waals surface area contributed by atoms with Crippen molar-refractivity contribution in [1.82, 2.24) is 0 Å². The van der Waals surface area contributed by atoms with Crippen molar-refractivity contribution in [1.29, 1.82) is 3.91 Å². The fraction of sp³-hybridized carbons (Fsp3) is 0.417. The molecule has 0 fully saturated rings. The van der Waals surface area contributed by atoms with Crippen LogP contribution in [0.5, 0.6) is 11.5 Å². The Hall–Kier alpha value is -0.732. The fourth-order valence-corrected chi connectivity index (χ4v) is 1.76. The molecule has 1 heterocycles. The van der Waals surface area contributed by atoms with Crippen LogP contribution in [0.2, 0.25) is 0 Å². The zero-order valence-corrected chi connectivity index (χ0v) is 11.7. The molecule has 1 aliphatic rings. The summed E-state index contributed by atoms with van der Waals surface area (Å²) < 4.78 is 16.9. The maximum atomic E-state index is 8.94. The Morgan fingerprint density at radius 3 is 2.24 bits per heavy atom. The van der Waals surface area contributed by atoms with Crippen LogP contribution in [0.4, 0.5) is 0 Å². The molecule has 0 aliphatic carbocycles. The van der Waals surface area contributed by atoms with Gasteiger partial charge in [-0.1, -0.05) is 12.1 Å². The van der Waals surface area contributed by atoms with Gasteiger partial charge in [0.1, 0.15) is 13.2 Å². The molecule has 0 bridgehead atoms. The summed E-state index contributed by atoms with van der Waals surface area (Å²) in [6, 6.07) is 3.97. The normalized spacial score (nSPS) is 12.7. The molecule has 1 aromatic rings. The van der Waals surface area contributed by atoms with E-state index in [0.29, 0.717) is 26.1 Å². The topological polar surface area (TPSA) is 62.5 Å². The molecule has 2 rings (SSSR count). The monoisotopic (exact) mass is 417 g/mol. The van der Waals surface area contributed by atoms with E-state index in [1.54, 1.807) is 0 Å². The van der Waals surface area contributed by atoms with E-state index < -0.39 is 0 Å². The zero-order valence-electron chi connectivity index (χ0n) is 9.48. The van der Waals surface area contributed by atoms with Gasteiger partial charge in [-0.2, -0.15) is 6.42 Å². The summed E-state index contributed by atoms with van der Waals surface area (Å²) >= 11 is 1.39. The molecule has 0 saturated carbocycles. The van der Waals surface area contributed by atoms with Crippen molar-refractivity contribution in [2.75, 3.05) is 19.8 Å².